The highest BCUT2D eigenvalue weighted by atomic mass is 32.2. The molecule has 0 aliphatic carbocycles. The topological polar surface area (TPSA) is 89.9 Å². The van der Waals surface area contributed by atoms with Crippen molar-refractivity contribution in [2.24, 2.45) is 0 Å². The summed E-state index contributed by atoms with van der Waals surface area (Å²) in [6, 6.07) is 5.21. The van der Waals surface area contributed by atoms with Crippen LogP contribution in [0.2, 0.25) is 0 Å². The Bertz CT molecular complexity index is 572. The van der Waals surface area contributed by atoms with Crippen LogP contribution in [0, 0.1) is 0 Å². The average molecular weight is 340 g/mol. The molecule has 0 saturated heterocycles. The van der Waals surface area contributed by atoms with Crippen molar-refractivity contribution in [2.45, 2.75) is 30.1 Å². The zero-order chi connectivity index (χ0) is 15.2. The van der Waals surface area contributed by atoms with Crippen molar-refractivity contribution < 1.29 is 26.6 Å². The number of aryl methyl sites for hydroxylation is 1. The molecule has 0 radical (unpaired) electrons. The third-order valence-electron chi connectivity index (χ3n) is 2.38. The smallest absolute Gasteiger partial charge is 0.318 e. The van der Waals surface area contributed by atoms with E-state index in [0.29, 0.717) is 16.9 Å². The van der Waals surface area contributed by atoms with E-state index < -0.39 is 25.2 Å². The van der Waals surface area contributed by atoms with Gasteiger partial charge in [0.15, 0.2) is 6.79 Å². The van der Waals surface area contributed by atoms with Gasteiger partial charge < -0.3 is 4.89 Å². The van der Waals surface area contributed by atoms with Crippen LogP contribution in [0.4, 0.5) is 0 Å². The lowest BCUT2D eigenvalue weighted by molar-refractivity contribution is 0.120. The van der Waals surface area contributed by atoms with E-state index in [4.69, 9.17) is 4.89 Å². The molecule has 0 spiro atoms. The molecule has 1 atom stereocenters. The van der Waals surface area contributed by atoms with Crippen LogP contribution in [0.1, 0.15) is 19.4 Å². The van der Waals surface area contributed by atoms with E-state index in [1.165, 1.54) is 11.8 Å². The van der Waals surface area contributed by atoms with Crippen LogP contribution in [0.5, 0.6) is 0 Å². The van der Waals surface area contributed by atoms with E-state index in [2.05, 4.69) is 8.71 Å². The molecule has 1 unspecified atom stereocenters. The van der Waals surface area contributed by atoms with Crippen molar-refractivity contribution in [1.82, 2.24) is 0 Å². The maximum atomic E-state index is 12.2. The molecule has 114 valence electrons. The molecule has 9 heteroatoms. The summed E-state index contributed by atoms with van der Waals surface area (Å²) >= 11 is 1.39. The van der Waals surface area contributed by atoms with Crippen LogP contribution in [0.3, 0.4) is 0 Å². The Morgan fingerprint density at radius 2 is 2.05 bits per heavy atom. The fraction of sp³-hybridized carbons (Fsp3) is 0.455. The number of hydrogen-bond acceptors (Lipinski definition) is 6. The molecule has 1 rings (SSSR count). The number of hydrogen-bond donors (Lipinski definition) is 1. The van der Waals surface area contributed by atoms with Crippen LogP contribution in [0.25, 0.3) is 0 Å². The SMILES string of the molecule is CCSc1cccc(CC)c1S(=O)(=O)OCO[PH](=O)O. The first-order valence-corrected chi connectivity index (χ1v) is 9.58. The summed E-state index contributed by atoms with van der Waals surface area (Å²) in [6.45, 7) is 2.99. The first-order valence-electron chi connectivity index (χ1n) is 5.92. The summed E-state index contributed by atoms with van der Waals surface area (Å²) in [7, 11) is -7.25. The Labute approximate surface area is 123 Å². The van der Waals surface area contributed by atoms with Gasteiger partial charge in [-0.2, -0.15) is 8.42 Å². The first-order chi connectivity index (χ1) is 9.42. The first kappa shape index (κ1) is 17.7. The molecule has 6 nitrogen and oxygen atoms in total. The van der Waals surface area contributed by atoms with Crippen LogP contribution in [-0.4, -0.2) is 25.9 Å². The monoisotopic (exact) mass is 340 g/mol. The van der Waals surface area contributed by atoms with E-state index in [9.17, 15) is 13.0 Å². The molecule has 0 aliphatic rings. The van der Waals surface area contributed by atoms with Gasteiger partial charge in [0.2, 0.25) is 0 Å². The zero-order valence-corrected chi connectivity index (χ0v) is 13.8. The zero-order valence-electron chi connectivity index (χ0n) is 11.2. The second-order valence-corrected chi connectivity index (χ2v) is 7.31. The van der Waals surface area contributed by atoms with Gasteiger partial charge >= 0.3 is 18.4 Å². The lowest BCUT2D eigenvalue weighted by atomic mass is 10.2. The molecule has 1 aromatic carbocycles. The van der Waals surface area contributed by atoms with Gasteiger partial charge in [0, 0.05) is 4.90 Å². The largest absolute Gasteiger partial charge is 0.326 e. The molecule has 0 bridgehead atoms. The van der Waals surface area contributed by atoms with Gasteiger partial charge in [-0.3, -0.25) is 9.09 Å². The molecule has 20 heavy (non-hydrogen) atoms. The minimum Gasteiger partial charge on any atom is -0.326 e. The normalized spacial score (nSPS) is 13.3. The van der Waals surface area contributed by atoms with Crippen molar-refractivity contribution in [3.63, 3.8) is 0 Å². The third-order valence-corrected chi connectivity index (χ3v) is 5.20. The van der Waals surface area contributed by atoms with Crippen molar-refractivity contribution in [3.8, 4) is 0 Å². The van der Waals surface area contributed by atoms with Crippen molar-refractivity contribution in [2.75, 3.05) is 12.5 Å². The van der Waals surface area contributed by atoms with E-state index in [1.54, 1.807) is 18.2 Å². The van der Waals surface area contributed by atoms with Crippen molar-refractivity contribution in [3.05, 3.63) is 23.8 Å². The third kappa shape index (κ3) is 4.87. The Morgan fingerprint density at radius 1 is 1.35 bits per heavy atom. The van der Waals surface area contributed by atoms with Crippen LogP contribution in [-0.2, 0) is 29.8 Å². The van der Waals surface area contributed by atoms with Crippen LogP contribution in [0.15, 0.2) is 28.0 Å². The minimum atomic E-state index is -4.03. The predicted molar refractivity (Wildman–Crippen MR) is 77.7 cm³/mol. The molecular formula is C11H17O6PS2. The molecule has 0 aliphatic heterocycles. The lowest BCUT2D eigenvalue weighted by Crippen LogP contribution is -2.12. The van der Waals surface area contributed by atoms with Gasteiger partial charge in [0.25, 0.3) is 0 Å². The Morgan fingerprint density at radius 3 is 2.60 bits per heavy atom. The second-order valence-electron chi connectivity index (χ2n) is 3.63. The molecule has 0 amide bonds. The highest BCUT2D eigenvalue weighted by Crippen LogP contribution is 2.31. The lowest BCUT2D eigenvalue weighted by Gasteiger charge is -2.13. The summed E-state index contributed by atoms with van der Waals surface area (Å²) in [6.07, 6.45) is 0.535. The summed E-state index contributed by atoms with van der Waals surface area (Å²) < 4.78 is 43.7. The molecule has 0 aromatic heterocycles. The van der Waals surface area contributed by atoms with E-state index in [0.717, 1.165) is 5.75 Å². The van der Waals surface area contributed by atoms with E-state index in [-0.39, 0.29) is 4.90 Å². The van der Waals surface area contributed by atoms with E-state index >= 15 is 0 Å². The summed E-state index contributed by atoms with van der Waals surface area (Å²) in [5.41, 5.74) is 0.639. The minimum absolute atomic E-state index is 0.107. The molecule has 0 fully saturated rings. The number of rotatable bonds is 8. The number of thioether (sulfide) groups is 1. The van der Waals surface area contributed by atoms with Crippen LogP contribution >= 0.6 is 20.0 Å². The van der Waals surface area contributed by atoms with Gasteiger partial charge in [-0.05, 0) is 23.8 Å². The van der Waals surface area contributed by atoms with E-state index in [1.807, 2.05) is 13.8 Å². The maximum absolute atomic E-state index is 12.2. The van der Waals surface area contributed by atoms with Gasteiger partial charge in [-0.25, -0.2) is 4.18 Å². The fourth-order valence-electron chi connectivity index (χ4n) is 1.59. The van der Waals surface area contributed by atoms with Gasteiger partial charge in [-0.15, -0.1) is 11.8 Å². The Kier molecular flexibility index (Phi) is 7.22. The van der Waals surface area contributed by atoms with Crippen molar-refractivity contribution >= 4 is 30.1 Å². The van der Waals surface area contributed by atoms with Gasteiger partial charge in [0.05, 0.1) is 0 Å². The summed E-state index contributed by atoms with van der Waals surface area (Å²) in [5, 5.41) is 0. The Balaban J connectivity index is 3.11. The summed E-state index contributed by atoms with van der Waals surface area (Å²) in [4.78, 5) is 9.21. The number of benzene rings is 1. The highest BCUT2D eigenvalue weighted by molar-refractivity contribution is 8.00. The maximum Gasteiger partial charge on any atom is 0.318 e. The van der Waals surface area contributed by atoms with Gasteiger partial charge in [-0.1, -0.05) is 26.0 Å². The molecule has 1 N–H and O–H groups in total. The molecule has 0 saturated carbocycles. The summed E-state index contributed by atoms with van der Waals surface area (Å²) in [5.74, 6) is 0.719. The quantitative estimate of drug-likeness (QED) is 0.336. The average Bonchev–Trinajstić information content (AvgIpc) is 2.37. The van der Waals surface area contributed by atoms with Gasteiger partial charge in [0.1, 0.15) is 4.90 Å². The second kappa shape index (κ2) is 8.17. The fourth-order valence-corrected chi connectivity index (χ4v) is 4.21. The van der Waals surface area contributed by atoms with Crippen LogP contribution < -0.4 is 0 Å². The molecule has 0 heterocycles. The molecular weight excluding hydrogens is 323 g/mol. The molecule has 1 aromatic rings. The Hall–Kier alpha value is -0.370. The van der Waals surface area contributed by atoms with Crippen molar-refractivity contribution in [1.29, 1.82) is 0 Å². The predicted octanol–water partition coefficient (Wildman–Crippen LogP) is 2.42. The standard InChI is InChI=1S/C11H17O6PS2/c1-3-9-6-5-7-10(19-4-2)11(9)20(14,15)17-8-16-18(12)13/h5-7,18H,3-4,8H2,1-2H3,(H,12,13). The highest BCUT2D eigenvalue weighted by Gasteiger charge is 2.23.